The number of halogens is 1. The molecular formula is C16H19ClN2O2. The molecule has 0 bridgehead atoms. The first-order valence-electron chi connectivity index (χ1n) is 6.95. The summed E-state index contributed by atoms with van der Waals surface area (Å²) in [5.41, 5.74) is 1.33. The lowest BCUT2D eigenvalue weighted by Gasteiger charge is -2.29. The van der Waals surface area contributed by atoms with E-state index in [2.05, 4.69) is 4.98 Å². The monoisotopic (exact) mass is 306 g/mol. The number of carbonyl (C=O) groups is 1. The largest absolute Gasteiger partial charge is 0.437 e. The van der Waals surface area contributed by atoms with Crippen molar-refractivity contribution in [3.8, 4) is 0 Å². The highest BCUT2D eigenvalue weighted by molar-refractivity contribution is 6.31. The fourth-order valence-electron chi connectivity index (χ4n) is 2.32. The van der Waals surface area contributed by atoms with E-state index in [4.69, 9.17) is 16.0 Å². The molecule has 1 heterocycles. The van der Waals surface area contributed by atoms with Crippen LogP contribution < -0.4 is 0 Å². The standard InChI is InChI=1S/C16H19ClN2O2/c1-10(2)19(11(3)4)16(20)8-7-15-18-13-9-12(17)5-6-14(13)21-15/h5-11H,1-4H3. The number of benzene rings is 1. The number of nitrogens with zero attached hydrogens (tertiary/aromatic N) is 2. The van der Waals surface area contributed by atoms with E-state index in [0.29, 0.717) is 22.0 Å². The van der Waals surface area contributed by atoms with Crippen LogP contribution in [0.3, 0.4) is 0 Å². The molecular weight excluding hydrogens is 288 g/mol. The van der Waals surface area contributed by atoms with Gasteiger partial charge in [-0.15, -0.1) is 0 Å². The summed E-state index contributed by atoms with van der Waals surface area (Å²) in [7, 11) is 0. The van der Waals surface area contributed by atoms with Crippen LogP contribution in [-0.4, -0.2) is 27.9 Å². The summed E-state index contributed by atoms with van der Waals surface area (Å²) >= 11 is 5.91. The van der Waals surface area contributed by atoms with Gasteiger partial charge in [0.15, 0.2) is 5.58 Å². The summed E-state index contributed by atoms with van der Waals surface area (Å²) in [6.07, 6.45) is 3.08. The van der Waals surface area contributed by atoms with Crippen LogP contribution in [0.1, 0.15) is 33.6 Å². The summed E-state index contributed by atoms with van der Waals surface area (Å²) < 4.78 is 5.55. The van der Waals surface area contributed by atoms with Crippen LogP contribution in [0.5, 0.6) is 0 Å². The molecule has 0 N–H and O–H groups in total. The maximum Gasteiger partial charge on any atom is 0.247 e. The third-order valence-corrected chi connectivity index (χ3v) is 3.34. The Morgan fingerprint density at radius 3 is 2.57 bits per heavy atom. The molecule has 1 aromatic heterocycles. The molecule has 4 nitrogen and oxygen atoms in total. The van der Waals surface area contributed by atoms with Crippen LogP contribution in [0.2, 0.25) is 5.02 Å². The second-order valence-electron chi connectivity index (χ2n) is 5.43. The van der Waals surface area contributed by atoms with Crippen molar-refractivity contribution in [2.75, 3.05) is 0 Å². The van der Waals surface area contributed by atoms with Gasteiger partial charge in [0, 0.05) is 29.3 Å². The van der Waals surface area contributed by atoms with Gasteiger partial charge < -0.3 is 9.32 Å². The molecule has 112 valence electrons. The van der Waals surface area contributed by atoms with Crippen molar-refractivity contribution < 1.29 is 9.21 Å². The number of hydrogen-bond donors (Lipinski definition) is 0. The molecule has 21 heavy (non-hydrogen) atoms. The average molecular weight is 307 g/mol. The topological polar surface area (TPSA) is 46.3 Å². The summed E-state index contributed by atoms with van der Waals surface area (Å²) in [5, 5.41) is 0.605. The van der Waals surface area contributed by atoms with Crippen molar-refractivity contribution in [1.29, 1.82) is 0 Å². The predicted octanol–water partition coefficient (Wildman–Crippen LogP) is 4.14. The summed E-state index contributed by atoms with van der Waals surface area (Å²) in [6, 6.07) is 5.52. The van der Waals surface area contributed by atoms with E-state index in [9.17, 15) is 4.79 Å². The van der Waals surface area contributed by atoms with E-state index in [1.807, 2.05) is 27.7 Å². The fourth-order valence-corrected chi connectivity index (χ4v) is 2.49. The van der Waals surface area contributed by atoms with Crippen molar-refractivity contribution in [2.24, 2.45) is 0 Å². The van der Waals surface area contributed by atoms with Gasteiger partial charge in [-0.25, -0.2) is 4.98 Å². The lowest BCUT2D eigenvalue weighted by molar-refractivity contribution is -0.129. The minimum absolute atomic E-state index is 0.0553. The quantitative estimate of drug-likeness (QED) is 0.798. The Morgan fingerprint density at radius 1 is 1.29 bits per heavy atom. The summed E-state index contributed by atoms with van der Waals surface area (Å²) in [5.74, 6) is 0.341. The highest BCUT2D eigenvalue weighted by Crippen LogP contribution is 2.20. The highest BCUT2D eigenvalue weighted by atomic mass is 35.5. The maximum atomic E-state index is 12.2. The van der Waals surface area contributed by atoms with Crippen LogP contribution in [0.4, 0.5) is 0 Å². The number of aromatic nitrogens is 1. The average Bonchev–Trinajstić information content (AvgIpc) is 2.77. The molecule has 0 aliphatic heterocycles. The molecule has 0 spiro atoms. The van der Waals surface area contributed by atoms with Gasteiger partial charge in [-0.1, -0.05) is 11.6 Å². The van der Waals surface area contributed by atoms with Crippen LogP contribution in [0.15, 0.2) is 28.7 Å². The molecule has 0 aliphatic carbocycles. The SMILES string of the molecule is CC(C)N(C(=O)C=Cc1nc2cc(Cl)ccc2o1)C(C)C. The summed E-state index contributed by atoms with van der Waals surface area (Å²) in [4.78, 5) is 18.3. The zero-order valence-corrected chi connectivity index (χ0v) is 13.4. The van der Waals surface area contributed by atoms with Crippen molar-refractivity contribution in [1.82, 2.24) is 9.88 Å². The van der Waals surface area contributed by atoms with Gasteiger partial charge in [0.2, 0.25) is 11.8 Å². The van der Waals surface area contributed by atoms with Gasteiger partial charge in [0.25, 0.3) is 0 Å². The Bertz CT molecular complexity index is 666. The number of hydrogen-bond acceptors (Lipinski definition) is 3. The molecule has 1 aromatic carbocycles. The lowest BCUT2D eigenvalue weighted by Crippen LogP contribution is -2.41. The van der Waals surface area contributed by atoms with Crippen LogP contribution in [0.25, 0.3) is 17.2 Å². The van der Waals surface area contributed by atoms with E-state index in [1.165, 1.54) is 6.08 Å². The minimum Gasteiger partial charge on any atom is -0.437 e. The molecule has 0 atom stereocenters. The van der Waals surface area contributed by atoms with Crippen LogP contribution >= 0.6 is 11.6 Å². The molecule has 0 saturated heterocycles. The number of rotatable bonds is 4. The molecule has 0 aliphatic rings. The lowest BCUT2D eigenvalue weighted by atomic mass is 10.2. The van der Waals surface area contributed by atoms with Gasteiger partial charge in [-0.2, -0.15) is 0 Å². The number of oxazole rings is 1. The third-order valence-electron chi connectivity index (χ3n) is 3.10. The normalized spacial score (nSPS) is 12.0. The molecule has 0 unspecified atom stereocenters. The number of amides is 1. The Kier molecular flexibility index (Phi) is 4.68. The zero-order chi connectivity index (χ0) is 15.6. The van der Waals surface area contributed by atoms with E-state index in [-0.39, 0.29) is 18.0 Å². The van der Waals surface area contributed by atoms with Gasteiger partial charge in [0.1, 0.15) is 5.52 Å². The number of fused-ring (bicyclic) bond motifs is 1. The third kappa shape index (κ3) is 3.64. The molecule has 0 saturated carbocycles. The van der Waals surface area contributed by atoms with Crippen molar-refractivity contribution in [3.05, 3.63) is 35.2 Å². The van der Waals surface area contributed by atoms with Gasteiger partial charge >= 0.3 is 0 Å². The Balaban J connectivity index is 2.20. The highest BCUT2D eigenvalue weighted by Gasteiger charge is 2.17. The predicted molar refractivity (Wildman–Crippen MR) is 85.2 cm³/mol. The van der Waals surface area contributed by atoms with E-state index >= 15 is 0 Å². The Labute approximate surface area is 129 Å². The first-order chi connectivity index (χ1) is 9.88. The molecule has 0 fully saturated rings. The van der Waals surface area contributed by atoms with E-state index in [0.717, 1.165) is 0 Å². The van der Waals surface area contributed by atoms with Crippen molar-refractivity contribution >= 4 is 34.7 Å². The van der Waals surface area contributed by atoms with Crippen LogP contribution in [0, 0.1) is 0 Å². The molecule has 0 radical (unpaired) electrons. The van der Waals surface area contributed by atoms with Gasteiger partial charge in [-0.05, 0) is 45.9 Å². The molecule has 2 rings (SSSR count). The van der Waals surface area contributed by atoms with E-state index < -0.39 is 0 Å². The van der Waals surface area contributed by atoms with Crippen molar-refractivity contribution in [2.45, 2.75) is 39.8 Å². The van der Waals surface area contributed by atoms with Crippen LogP contribution in [-0.2, 0) is 4.79 Å². The van der Waals surface area contributed by atoms with E-state index in [1.54, 1.807) is 29.2 Å². The Morgan fingerprint density at radius 2 is 1.95 bits per heavy atom. The first-order valence-corrected chi connectivity index (χ1v) is 7.32. The maximum absolute atomic E-state index is 12.2. The van der Waals surface area contributed by atoms with Gasteiger partial charge in [-0.3, -0.25) is 4.79 Å². The molecule has 5 heteroatoms. The van der Waals surface area contributed by atoms with Gasteiger partial charge in [0.05, 0.1) is 0 Å². The molecule has 2 aromatic rings. The Hall–Kier alpha value is -1.81. The molecule has 1 amide bonds. The smallest absolute Gasteiger partial charge is 0.247 e. The minimum atomic E-state index is -0.0553. The second kappa shape index (κ2) is 6.31. The van der Waals surface area contributed by atoms with Crippen molar-refractivity contribution in [3.63, 3.8) is 0 Å². The fraction of sp³-hybridized carbons (Fsp3) is 0.375. The first kappa shape index (κ1) is 15.6. The zero-order valence-electron chi connectivity index (χ0n) is 12.6. The summed E-state index contributed by atoms with van der Waals surface area (Å²) in [6.45, 7) is 7.97. The second-order valence-corrected chi connectivity index (χ2v) is 5.87. The number of carbonyl (C=O) groups excluding carboxylic acids is 1.